The lowest BCUT2D eigenvalue weighted by Gasteiger charge is -2.23. The molecular weight excluding hydrogens is 336 g/mol. The Bertz CT molecular complexity index is 873. The highest BCUT2D eigenvalue weighted by molar-refractivity contribution is 5.91. The molecule has 0 unspecified atom stereocenters. The Hall–Kier alpha value is -2.79. The summed E-state index contributed by atoms with van der Waals surface area (Å²) < 4.78 is 6.05. The molecule has 0 atom stereocenters. The summed E-state index contributed by atoms with van der Waals surface area (Å²) in [6.45, 7) is 2.84. The van der Waals surface area contributed by atoms with Gasteiger partial charge in [-0.1, -0.05) is 19.6 Å². The molecule has 0 aliphatic carbocycles. The Kier molecular flexibility index (Phi) is 6.14. The fourth-order valence-electron chi connectivity index (χ4n) is 3.32. The smallest absolute Gasteiger partial charge is 0.131 e. The number of hydrogen-bond donors (Lipinski definition) is 3. The van der Waals surface area contributed by atoms with Crippen LogP contribution in [0.4, 0.5) is 11.5 Å². The van der Waals surface area contributed by atoms with Crippen LogP contribution in [0.5, 0.6) is 5.75 Å². The Balaban J connectivity index is 0.00000210. The van der Waals surface area contributed by atoms with Gasteiger partial charge in [0, 0.05) is 23.8 Å². The molecule has 5 heteroatoms. The maximum absolute atomic E-state index is 6.05. The van der Waals surface area contributed by atoms with Gasteiger partial charge in [0.15, 0.2) is 0 Å². The van der Waals surface area contributed by atoms with Gasteiger partial charge in [0.25, 0.3) is 0 Å². The van der Waals surface area contributed by atoms with E-state index in [9.17, 15) is 0 Å². The van der Waals surface area contributed by atoms with Gasteiger partial charge >= 0.3 is 0 Å². The van der Waals surface area contributed by atoms with E-state index >= 15 is 0 Å². The molecule has 4 N–H and O–H groups in total. The van der Waals surface area contributed by atoms with Crippen LogP contribution in [-0.2, 0) is 6.54 Å². The molecule has 0 saturated carbocycles. The van der Waals surface area contributed by atoms with Gasteiger partial charge in [0.1, 0.15) is 17.7 Å². The second-order valence-corrected chi connectivity index (χ2v) is 6.70. The summed E-state index contributed by atoms with van der Waals surface area (Å²) in [5.74, 6) is 1.52. The number of pyridine rings is 1. The first-order valence-electron chi connectivity index (χ1n) is 9.12. The van der Waals surface area contributed by atoms with Crippen molar-refractivity contribution in [2.75, 3.05) is 24.1 Å². The lowest BCUT2D eigenvalue weighted by Crippen LogP contribution is -2.34. The van der Waals surface area contributed by atoms with Gasteiger partial charge in [0.05, 0.1) is 0 Å². The van der Waals surface area contributed by atoms with Crippen molar-refractivity contribution < 1.29 is 4.74 Å². The summed E-state index contributed by atoms with van der Waals surface area (Å²) in [5.41, 5.74) is 8.20. The first-order chi connectivity index (χ1) is 12.8. The van der Waals surface area contributed by atoms with Crippen molar-refractivity contribution in [1.82, 2.24) is 10.3 Å². The van der Waals surface area contributed by atoms with Crippen molar-refractivity contribution in [1.29, 1.82) is 0 Å². The van der Waals surface area contributed by atoms with E-state index in [-0.39, 0.29) is 7.43 Å². The molecule has 2 aromatic carbocycles. The fraction of sp³-hybridized carbons (Fsp3) is 0.318. The first-order valence-corrected chi connectivity index (χ1v) is 9.12. The summed E-state index contributed by atoms with van der Waals surface area (Å²) in [6.07, 6.45) is 4.22. The van der Waals surface area contributed by atoms with Gasteiger partial charge in [-0.3, -0.25) is 0 Å². The van der Waals surface area contributed by atoms with E-state index in [0.29, 0.717) is 11.9 Å². The normalized spacial score (nSPS) is 14.5. The van der Waals surface area contributed by atoms with Crippen molar-refractivity contribution in [2.45, 2.75) is 32.9 Å². The number of piperidine rings is 1. The second kappa shape index (κ2) is 8.73. The highest BCUT2D eigenvalue weighted by Crippen LogP contribution is 2.22. The van der Waals surface area contributed by atoms with Crippen LogP contribution in [0.1, 0.15) is 25.8 Å². The summed E-state index contributed by atoms with van der Waals surface area (Å²) >= 11 is 0. The summed E-state index contributed by atoms with van der Waals surface area (Å²) in [7, 11) is 0. The molecule has 27 heavy (non-hydrogen) atoms. The maximum Gasteiger partial charge on any atom is 0.131 e. The van der Waals surface area contributed by atoms with Gasteiger partial charge in [-0.2, -0.15) is 0 Å². The molecule has 0 bridgehead atoms. The van der Waals surface area contributed by atoms with Crippen LogP contribution < -0.4 is 21.1 Å². The molecule has 142 valence electrons. The number of nitrogens with zero attached hydrogens (tertiary/aromatic N) is 1. The Morgan fingerprint density at radius 3 is 2.63 bits per heavy atom. The molecule has 0 spiro atoms. The Labute approximate surface area is 160 Å². The van der Waals surface area contributed by atoms with Crippen LogP contribution in [0.15, 0.2) is 54.7 Å². The molecule has 1 saturated heterocycles. The minimum Gasteiger partial charge on any atom is -0.490 e. The molecule has 2 heterocycles. The largest absolute Gasteiger partial charge is 0.490 e. The number of nitrogens with one attached hydrogen (secondary N) is 2. The average molecular weight is 364 g/mol. The number of nitrogen functional groups attached to an aromatic ring is 1. The number of ether oxygens (including phenoxy) is 1. The predicted octanol–water partition coefficient (Wildman–Crippen LogP) is 4.20. The van der Waals surface area contributed by atoms with Gasteiger partial charge in [-0.25, -0.2) is 4.98 Å². The molecular formula is C22H28N4O. The summed E-state index contributed by atoms with van der Waals surface area (Å²) in [5, 5.41) is 8.92. The van der Waals surface area contributed by atoms with E-state index in [1.54, 1.807) is 6.20 Å². The van der Waals surface area contributed by atoms with E-state index in [4.69, 9.17) is 10.5 Å². The third kappa shape index (κ3) is 4.68. The van der Waals surface area contributed by atoms with Crippen LogP contribution in [0.25, 0.3) is 10.8 Å². The molecule has 1 aliphatic heterocycles. The van der Waals surface area contributed by atoms with E-state index in [0.717, 1.165) is 54.7 Å². The fourth-order valence-corrected chi connectivity index (χ4v) is 3.32. The van der Waals surface area contributed by atoms with Crippen molar-refractivity contribution in [3.8, 4) is 5.75 Å². The van der Waals surface area contributed by atoms with Crippen molar-refractivity contribution in [2.24, 2.45) is 0 Å². The number of hydrogen-bond acceptors (Lipinski definition) is 5. The van der Waals surface area contributed by atoms with Gasteiger partial charge in [0.2, 0.25) is 0 Å². The zero-order valence-corrected chi connectivity index (χ0v) is 14.7. The lowest BCUT2D eigenvalue weighted by atomic mass is 10.1. The molecule has 0 radical (unpaired) electrons. The van der Waals surface area contributed by atoms with Gasteiger partial charge in [-0.15, -0.1) is 0 Å². The minimum absolute atomic E-state index is 0. The van der Waals surface area contributed by atoms with Crippen LogP contribution >= 0.6 is 0 Å². The number of rotatable bonds is 5. The quantitative estimate of drug-likeness (QED) is 0.633. The van der Waals surface area contributed by atoms with Crippen LogP contribution in [0.2, 0.25) is 0 Å². The first kappa shape index (κ1) is 19.0. The minimum atomic E-state index is 0. The van der Waals surface area contributed by atoms with Crippen LogP contribution in [-0.4, -0.2) is 24.2 Å². The third-order valence-electron chi connectivity index (χ3n) is 4.80. The van der Waals surface area contributed by atoms with E-state index < -0.39 is 0 Å². The molecule has 1 fully saturated rings. The Morgan fingerprint density at radius 2 is 1.85 bits per heavy atom. The highest BCUT2D eigenvalue weighted by atomic mass is 16.5. The number of nitrogens with two attached hydrogens (primary N) is 1. The molecule has 4 rings (SSSR count). The number of anilines is 2. The topological polar surface area (TPSA) is 72.2 Å². The van der Waals surface area contributed by atoms with Gasteiger partial charge < -0.3 is 21.1 Å². The highest BCUT2D eigenvalue weighted by Gasteiger charge is 2.14. The molecule has 5 nitrogen and oxygen atoms in total. The molecule has 3 aromatic rings. The lowest BCUT2D eigenvalue weighted by molar-refractivity contribution is 0.162. The zero-order valence-electron chi connectivity index (χ0n) is 14.7. The maximum atomic E-state index is 6.05. The number of fused-ring (bicyclic) bond motifs is 1. The third-order valence-corrected chi connectivity index (χ3v) is 4.80. The zero-order chi connectivity index (χ0) is 17.8. The van der Waals surface area contributed by atoms with Gasteiger partial charge in [-0.05, 0) is 73.3 Å². The SMILES string of the molecule is C.Nc1nccc2cc(CNc3ccc(OC4CCNCC4)cc3)ccc12. The van der Waals surface area contributed by atoms with Crippen molar-refractivity contribution >= 4 is 22.3 Å². The monoisotopic (exact) mass is 364 g/mol. The molecule has 1 aliphatic rings. The molecule has 0 amide bonds. The van der Waals surface area contributed by atoms with Crippen LogP contribution in [0, 0.1) is 0 Å². The summed E-state index contributed by atoms with van der Waals surface area (Å²) in [6, 6.07) is 16.5. The molecule has 1 aromatic heterocycles. The average Bonchev–Trinajstić information content (AvgIpc) is 2.68. The number of aromatic nitrogens is 1. The second-order valence-electron chi connectivity index (χ2n) is 6.70. The van der Waals surface area contributed by atoms with E-state index in [2.05, 4.69) is 39.9 Å². The van der Waals surface area contributed by atoms with E-state index in [1.165, 1.54) is 5.56 Å². The Morgan fingerprint density at radius 1 is 1.07 bits per heavy atom. The standard InChI is InChI=1S/C21H24N4O.CH4/c22-21-20-6-1-15(13-16(20)7-12-24-21)14-25-17-2-4-18(5-3-17)26-19-8-10-23-11-9-19;/h1-7,12-13,19,23,25H,8-11,14H2,(H2,22,24);1H4. The van der Waals surface area contributed by atoms with Crippen LogP contribution in [0.3, 0.4) is 0 Å². The van der Waals surface area contributed by atoms with E-state index in [1.807, 2.05) is 24.3 Å². The predicted molar refractivity (Wildman–Crippen MR) is 113 cm³/mol. The van der Waals surface area contributed by atoms with Crippen molar-refractivity contribution in [3.05, 3.63) is 60.3 Å². The summed E-state index contributed by atoms with van der Waals surface area (Å²) in [4.78, 5) is 4.13. The van der Waals surface area contributed by atoms with Crippen molar-refractivity contribution in [3.63, 3.8) is 0 Å². The number of benzene rings is 2.